The van der Waals surface area contributed by atoms with E-state index in [1.165, 1.54) is 37.9 Å². The van der Waals surface area contributed by atoms with Gasteiger partial charge in [0, 0.05) is 12.0 Å². The normalized spacial score (nSPS) is 22.4. The molecule has 0 amide bonds. The predicted molar refractivity (Wildman–Crippen MR) is 54.4 cm³/mol. The van der Waals surface area contributed by atoms with Crippen molar-refractivity contribution in [2.24, 2.45) is 0 Å². The molecular formula is C10H14ClN3. The zero-order valence-corrected chi connectivity index (χ0v) is 8.87. The van der Waals surface area contributed by atoms with Gasteiger partial charge in [-0.2, -0.15) is 0 Å². The van der Waals surface area contributed by atoms with Gasteiger partial charge in [0.05, 0.1) is 5.88 Å². The topological polar surface area (TPSA) is 30.7 Å². The van der Waals surface area contributed by atoms with Gasteiger partial charge in [0.2, 0.25) is 0 Å². The first-order valence-corrected chi connectivity index (χ1v) is 5.93. The third kappa shape index (κ3) is 1.26. The highest BCUT2D eigenvalue weighted by molar-refractivity contribution is 6.16. The number of alkyl halides is 1. The minimum Gasteiger partial charge on any atom is -0.311 e. The average molecular weight is 212 g/mol. The van der Waals surface area contributed by atoms with Gasteiger partial charge in [-0.1, -0.05) is 6.42 Å². The Morgan fingerprint density at radius 1 is 1.21 bits per heavy atom. The smallest absolute Gasteiger partial charge is 0.148 e. The van der Waals surface area contributed by atoms with Crippen molar-refractivity contribution in [3.8, 4) is 0 Å². The van der Waals surface area contributed by atoms with Crippen molar-refractivity contribution < 1.29 is 0 Å². The maximum absolute atomic E-state index is 5.86. The molecule has 0 saturated heterocycles. The monoisotopic (exact) mass is 211 g/mol. The molecule has 2 saturated carbocycles. The Balaban J connectivity index is 1.96. The Labute approximate surface area is 88.5 Å². The van der Waals surface area contributed by atoms with Crippen LogP contribution in [0.25, 0.3) is 0 Å². The van der Waals surface area contributed by atoms with Crippen LogP contribution in [0.2, 0.25) is 0 Å². The summed E-state index contributed by atoms with van der Waals surface area (Å²) in [6.07, 6.45) is 6.47. The van der Waals surface area contributed by atoms with Crippen LogP contribution in [0.1, 0.15) is 55.7 Å². The van der Waals surface area contributed by atoms with E-state index >= 15 is 0 Å². The summed E-state index contributed by atoms with van der Waals surface area (Å²) in [5, 5.41) is 8.48. The van der Waals surface area contributed by atoms with E-state index in [0.29, 0.717) is 17.8 Å². The Kier molecular flexibility index (Phi) is 2.01. The number of hydrogen-bond donors (Lipinski definition) is 0. The Bertz CT molecular complexity index is 339. The molecule has 0 N–H and O–H groups in total. The van der Waals surface area contributed by atoms with E-state index in [2.05, 4.69) is 14.8 Å². The van der Waals surface area contributed by atoms with Gasteiger partial charge in [-0.15, -0.1) is 21.8 Å². The summed E-state index contributed by atoms with van der Waals surface area (Å²) < 4.78 is 2.30. The van der Waals surface area contributed by atoms with Gasteiger partial charge in [0.25, 0.3) is 0 Å². The molecule has 0 bridgehead atoms. The fourth-order valence-electron chi connectivity index (χ4n) is 2.10. The zero-order chi connectivity index (χ0) is 9.54. The summed E-state index contributed by atoms with van der Waals surface area (Å²) in [7, 11) is 0. The van der Waals surface area contributed by atoms with Crippen molar-refractivity contribution in [1.29, 1.82) is 0 Å². The molecule has 1 heterocycles. The Morgan fingerprint density at radius 2 is 2.00 bits per heavy atom. The summed E-state index contributed by atoms with van der Waals surface area (Å²) in [6.45, 7) is 0. The molecule has 0 radical (unpaired) electrons. The first-order chi connectivity index (χ1) is 6.90. The standard InChI is InChI=1S/C10H14ClN3/c11-6-9-12-13-10(7-2-1-3-7)14(9)8-4-5-8/h7-8H,1-6H2. The number of hydrogen-bond acceptors (Lipinski definition) is 2. The van der Waals surface area contributed by atoms with E-state index in [1.54, 1.807) is 0 Å². The lowest BCUT2D eigenvalue weighted by Gasteiger charge is -2.25. The fourth-order valence-corrected chi connectivity index (χ4v) is 2.29. The zero-order valence-electron chi connectivity index (χ0n) is 8.12. The molecule has 2 fully saturated rings. The second-order valence-electron chi connectivity index (χ2n) is 4.34. The highest BCUT2D eigenvalue weighted by Gasteiger charge is 2.33. The number of nitrogens with zero attached hydrogens (tertiary/aromatic N) is 3. The average Bonchev–Trinajstić information content (AvgIpc) is 2.86. The molecule has 0 aliphatic heterocycles. The lowest BCUT2D eigenvalue weighted by Crippen LogP contribution is -2.15. The highest BCUT2D eigenvalue weighted by Crippen LogP contribution is 2.42. The molecule has 1 aromatic heterocycles. The molecule has 76 valence electrons. The Morgan fingerprint density at radius 3 is 2.50 bits per heavy atom. The molecule has 3 rings (SSSR count). The van der Waals surface area contributed by atoms with Gasteiger partial charge in [0.1, 0.15) is 11.6 Å². The molecule has 0 spiro atoms. The van der Waals surface area contributed by atoms with Gasteiger partial charge in [-0.3, -0.25) is 0 Å². The second-order valence-corrected chi connectivity index (χ2v) is 4.60. The van der Waals surface area contributed by atoms with Crippen molar-refractivity contribution in [3.05, 3.63) is 11.6 Å². The van der Waals surface area contributed by atoms with Gasteiger partial charge < -0.3 is 4.57 Å². The Hall–Kier alpha value is -0.570. The molecule has 4 heteroatoms. The van der Waals surface area contributed by atoms with Crippen LogP contribution in [-0.4, -0.2) is 14.8 Å². The first-order valence-electron chi connectivity index (χ1n) is 5.40. The maximum Gasteiger partial charge on any atom is 0.148 e. The molecule has 14 heavy (non-hydrogen) atoms. The summed E-state index contributed by atoms with van der Waals surface area (Å²) >= 11 is 5.86. The van der Waals surface area contributed by atoms with Crippen LogP contribution in [-0.2, 0) is 5.88 Å². The van der Waals surface area contributed by atoms with Crippen LogP contribution in [0.3, 0.4) is 0 Å². The van der Waals surface area contributed by atoms with E-state index in [9.17, 15) is 0 Å². The van der Waals surface area contributed by atoms with Crippen LogP contribution in [0.4, 0.5) is 0 Å². The predicted octanol–water partition coefficient (Wildman–Crippen LogP) is 2.62. The van der Waals surface area contributed by atoms with Gasteiger partial charge >= 0.3 is 0 Å². The lowest BCUT2D eigenvalue weighted by molar-refractivity contribution is 0.385. The van der Waals surface area contributed by atoms with Crippen molar-refractivity contribution in [1.82, 2.24) is 14.8 Å². The molecule has 0 unspecified atom stereocenters. The fraction of sp³-hybridized carbons (Fsp3) is 0.800. The molecule has 2 aliphatic rings. The van der Waals surface area contributed by atoms with Gasteiger partial charge in [-0.25, -0.2) is 0 Å². The van der Waals surface area contributed by atoms with E-state index in [-0.39, 0.29) is 0 Å². The molecule has 0 atom stereocenters. The summed E-state index contributed by atoms with van der Waals surface area (Å²) in [5.74, 6) is 3.33. The minimum absolute atomic E-state index is 0.496. The van der Waals surface area contributed by atoms with Gasteiger partial charge in [-0.05, 0) is 25.7 Å². The molecule has 2 aliphatic carbocycles. The van der Waals surface area contributed by atoms with E-state index in [4.69, 9.17) is 11.6 Å². The van der Waals surface area contributed by atoms with E-state index in [1.807, 2.05) is 0 Å². The van der Waals surface area contributed by atoms with Crippen LogP contribution in [0.15, 0.2) is 0 Å². The van der Waals surface area contributed by atoms with Crippen LogP contribution < -0.4 is 0 Å². The summed E-state index contributed by atoms with van der Waals surface area (Å²) in [6, 6.07) is 0.661. The number of halogens is 1. The molecule has 0 aromatic carbocycles. The second kappa shape index (κ2) is 3.23. The SMILES string of the molecule is ClCc1nnc(C2CCC2)n1C1CC1. The first kappa shape index (κ1) is 8.72. The quantitative estimate of drug-likeness (QED) is 0.720. The highest BCUT2D eigenvalue weighted by atomic mass is 35.5. The van der Waals surface area contributed by atoms with Crippen LogP contribution in [0, 0.1) is 0 Å². The van der Waals surface area contributed by atoms with E-state index in [0.717, 1.165) is 5.82 Å². The minimum atomic E-state index is 0.496. The molecular weight excluding hydrogens is 198 g/mol. The number of aromatic nitrogens is 3. The number of rotatable bonds is 3. The molecule has 1 aromatic rings. The van der Waals surface area contributed by atoms with Crippen molar-refractivity contribution in [3.63, 3.8) is 0 Å². The summed E-state index contributed by atoms with van der Waals surface area (Å²) in [4.78, 5) is 0. The van der Waals surface area contributed by atoms with Crippen molar-refractivity contribution in [2.75, 3.05) is 0 Å². The van der Waals surface area contributed by atoms with Crippen LogP contribution in [0.5, 0.6) is 0 Å². The van der Waals surface area contributed by atoms with Crippen LogP contribution >= 0.6 is 11.6 Å². The van der Waals surface area contributed by atoms with Crippen molar-refractivity contribution in [2.45, 2.75) is 49.9 Å². The van der Waals surface area contributed by atoms with E-state index < -0.39 is 0 Å². The van der Waals surface area contributed by atoms with Gasteiger partial charge in [0.15, 0.2) is 0 Å². The maximum atomic E-state index is 5.86. The lowest BCUT2D eigenvalue weighted by atomic mass is 9.85. The molecule has 3 nitrogen and oxygen atoms in total. The third-order valence-electron chi connectivity index (χ3n) is 3.29. The largest absolute Gasteiger partial charge is 0.311 e. The van der Waals surface area contributed by atoms with Crippen molar-refractivity contribution >= 4 is 11.6 Å². The third-order valence-corrected chi connectivity index (χ3v) is 3.53. The summed E-state index contributed by atoms with van der Waals surface area (Å²) in [5.41, 5.74) is 0.